The number of rotatable bonds is 2. The maximum atomic E-state index is 4.61. The molecule has 4 heteroatoms. The highest BCUT2D eigenvalue weighted by atomic mass is 15.2. The SMILES string of the molecule is CCc1cc(C)nc(C2CN(C)CCN2)n1. The van der Waals surface area contributed by atoms with Gasteiger partial charge < -0.3 is 10.2 Å². The first-order valence-corrected chi connectivity index (χ1v) is 5.95. The minimum absolute atomic E-state index is 0.281. The van der Waals surface area contributed by atoms with Crippen LogP contribution in [-0.4, -0.2) is 41.5 Å². The van der Waals surface area contributed by atoms with Crippen LogP contribution >= 0.6 is 0 Å². The number of aryl methyl sites for hydroxylation is 2. The van der Waals surface area contributed by atoms with Crippen LogP contribution < -0.4 is 5.32 Å². The zero-order valence-electron chi connectivity index (χ0n) is 10.3. The Morgan fingerprint density at radius 1 is 1.50 bits per heavy atom. The molecule has 1 fully saturated rings. The van der Waals surface area contributed by atoms with Crippen molar-refractivity contribution in [1.82, 2.24) is 20.2 Å². The van der Waals surface area contributed by atoms with Gasteiger partial charge in [0, 0.05) is 31.0 Å². The Morgan fingerprint density at radius 2 is 2.31 bits per heavy atom. The number of nitrogens with one attached hydrogen (secondary N) is 1. The van der Waals surface area contributed by atoms with E-state index in [0.717, 1.165) is 43.3 Å². The fraction of sp³-hybridized carbons (Fsp3) is 0.667. The summed E-state index contributed by atoms with van der Waals surface area (Å²) in [5, 5.41) is 3.48. The fourth-order valence-corrected chi connectivity index (χ4v) is 2.07. The molecule has 1 aromatic rings. The summed E-state index contributed by atoms with van der Waals surface area (Å²) in [6, 6.07) is 2.35. The summed E-state index contributed by atoms with van der Waals surface area (Å²) in [7, 11) is 2.14. The highest BCUT2D eigenvalue weighted by Gasteiger charge is 2.20. The topological polar surface area (TPSA) is 41.1 Å². The first kappa shape index (κ1) is 11.5. The molecule has 0 aliphatic carbocycles. The third kappa shape index (κ3) is 2.57. The van der Waals surface area contributed by atoms with E-state index < -0.39 is 0 Å². The lowest BCUT2D eigenvalue weighted by atomic mass is 10.2. The standard InChI is InChI=1S/C12H20N4/c1-4-10-7-9(2)14-12(15-10)11-8-16(3)6-5-13-11/h7,11,13H,4-6,8H2,1-3H3. The van der Waals surface area contributed by atoms with Crippen molar-refractivity contribution < 1.29 is 0 Å². The van der Waals surface area contributed by atoms with Gasteiger partial charge in [0.05, 0.1) is 6.04 Å². The molecule has 0 saturated carbocycles. The molecule has 0 spiro atoms. The van der Waals surface area contributed by atoms with Gasteiger partial charge in [0.15, 0.2) is 0 Å². The van der Waals surface area contributed by atoms with Crippen molar-refractivity contribution in [3.8, 4) is 0 Å². The second kappa shape index (κ2) is 4.89. The highest BCUT2D eigenvalue weighted by molar-refractivity contribution is 5.12. The predicted octanol–water partition coefficient (Wildman–Crippen LogP) is 0.924. The van der Waals surface area contributed by atoms with Gasteiger partial charge in [0.1, 0.15) is 5.82 Å². The second-order valence-corrected chi connectivity index (χ2v) is 4.48. The molecule has 1 aromatic heterocycles. The van der Waals surface area contributed by atoms with Crippen molar-refractivity contribution >= 4 is 0 Å². The van der Waals surface area contributed by atoms with Crippen LogP contribution in [0.2, 0.25) is 0 Å². The van der Waals surface area contributed by atoms with Crippen LogP contribution in [0.4, 0.5) is 0 Å². The van der Waals surface area contributed by atoms with Crippen LogP contribution in [-0.2, 0) is 6.42 Å². The van der Waals surface area contributed by atoms with Gasteiger partial charge in [-0.1, -0.05) is 6.92 Å². The summed E-state index contributed by atoms with van der Waals surface area (Å²) in [6.07, 6.45) is 0.971. The number of nitrogens with zero attached hydrogens (tertiary/aromatic N) is 3. The van der Waals surface area contributed by atoms with Crippen molar-refractivity contribution in [1.29, 1.82) is 0 Å². The second-order valence-electron chi connectivity index (χ2n) is 4.48. The van der Waals surface area contributed by atoms with E-state index in [-0.39, 0.29) is 6.04 Å². The molecule has 0 radical (unpaired) electrons. The van der Waals surface area contributed by atoms with E-state index in [1.165, 1.54) is 0 Å². The summed E-state index contributed by atoms with van der Waals surface area (Å²) in [6.45, 7) is 7.28. The highest BCUT2D eigenvalue weighted by Crippen LogP contribution is 2.13. The predicted molar refractivity (Wildman–Crippen MR) is 64.4 cm³/mol. The smallest absolute Gasteiger partial charge is 0.147 e. The Labute approximate surface area is 97.1 Å². The molecule has 0 aromatic carbocycles. The monoisotopic (exact) mass is 220 g/mol. The minimum atomic E-state index is 0.281. The molecule has 0 bridgehead atoms. The van der Waals surface area contributed by atoms with Gasteiger partial charge in [-0.05, 0) is 26.5 Å². The molecular weight excluding hydrogens is 200 g/mol. The maximum absolute atomic E-state index is 4.61. The lowest BCUT2D eigenvalue weighted by Gasteiger charge is -2.30. The lowest BCUT2D eigenvalue weighted by molar-refractivity contribution is 0.235. The van der Waals surface area contributed by atoms with Crippen molar-refractivity contribution in [2.45, 2.75) is 26.3 Å². The van der Waals surface area contributed by atoms with Gasteiger partial charge in [-0.3, -0.25) is 0 Å². The van der Waals surface area contributed by atoms with Crippen LogP contribution in [0.3, 0.4) is 0 Å². The Morgan fingerprint density at radius 3 is 3.00 bits per heavy atom. The average Bonchev–Trinajstić information content (AvgIpc) is 2.28. The molecule has 2 rings (SSSR count). The quantitative estimate of drug-likeness (QED) is 0.805. The largest absolute Gasteiger partial charge is 0.305 e. The number of hydrogen-bond acceptors (Lipinski definition) is 4. The molecule has 1 aliphatic rings. The Bertz CT molecular complexity index is 364. The molecule has 2 heterocycles. The van der Waals surface area contributed by atoms with Crippen LogP contribution in [0.15, 0.2) is 6.07 Å². The van der Waals surface area contributed by atoms with Gasteiger partial charge in [0.25, 0.3) is 0 Å². The van der Waals surface area contributed by atoms with Crippen LogP contribution in [0.1, 0.15) is 30.2 Å². The van der Waals surface area contributed by atoms with Gasteiger partial charge in [0.2, 0.25) is 0 Å². The number of piperazine rings is 1. The fourth-order valence-electron chi connectivity index (χ4n) is 2.07. The van der Waals surface area contributed by atoms with E-state index in [4.69, 9.17) is 0 Å². The van der Waals surface area contributed by atoms with Gasteiger partial charge in [-0.2, -0.15) is 0 Å². The van der Waals surface area contributed by atoms with Crippen LogP contribution in [0.5, 0.6) is 0 Å². The summed E-state index contributed by atoms with van der Waals surface area (Å²) in [4.78, 5) is 11.5. The van der Waals surface area contributed by atoms with Gasteiger partial charge >= 0.3 is 0 Å². The van der Waals surface area contributed by atoms with Crippen molar-refractivity contribution in [3.05, 3.63) is 23.3 Å². The maximum Gasteiger partial charge on any atom is 0.147 e. The average molecular weight is 220 g/mol. The Balaban J connectivity index is 2.21. The first-order chi connectivity index (χ1) is 7.69. The van der Waals surface area contributed by atoms with E-state index >= 15 is 0 Å². The molecule has 4 nitrogen and oxygen atoms in total. The van der Waals surface area contributed by atoms with E-state index in [1.807, 2.05) is 6.92 Å². The third-order valence-electron chi connectivity index (χ3n) is 2.98. The van der Waals surface area contributed by atoms with E-state index in [9.17, 15) is 0 Å². The van der Waals surface area contributed by atoms with Gasteiger partial charge in [-0.25, -0.2) is 9.97 Å². The molecule has 1 unspecified atom stereocenters. The number of aromatic nitrogens is 2. The number of hydrogen-bond donors (Lipinski definition) is 1. The van der Waals surface area contributed by atoms with E-state index in [1.54, 1.807) is 0 Å². The molecule has 1 atom stereocenters. The van der Waals surface area contributed by atoms with E-state index in [2.05, 4.69) is 40.2 Å². The van der Waals surface area contributed by atoms with Gasteiger partial charge in [-0.15, -0.1) is 0 Å². The molecule has 1 saturated heterocycles. The normalized spacial score (nSPS) is 22.3. The molecule has 88 valence electrons. The van der Waals surface area contributed by atoms with E-state index in [0.29, 0.717) is 0 Å². The summed E-state index contributed by atoms with van der Waals surface area (Å²) >= 11 is 0. The summed E-state index contributed by atoms with van der Waals surface area (Å²) in [5.41, 5.74) is 2.20. The molecule has 1 aliphatic heterocycles. The molecule has 1 N–H and O–H groups in total. The summed E-state index contributed by atoms with van der Waals surface area (Å²) in [5.74, 6) is 0.948. The van der Waals surface area contributed by atoms with Crippen LogP contribution in [0, 0.1) is 6.92 Å². The third-order valence-corrected chi connectivity index (χ3v) is 2.98. The summed E-state index contributed by atoms with van der Waals surface area (Å²) < 4.78 is 0. The Hall–Kier alpha value is -1.00. The zero-order chi connectivity index (χ0) is 11.5. The lowest BCUT2D eigenvalue weighted by Crippen LogP contribution is -2.44. The van der Waals surface area contributed by atoms with Crippen molar-refractivity contribution in [2.75, 3.05) is 26.7 Å². The first-order valence-electron chi connectivity index (χ1n) is 5.95. The molecular formula is C12H20N4. The van der Waals surface area contributed by atoms with Crippen molar-refractivity contribution in [3.63, 3.8) is 0 Å². The van der Waals surface area contributed by atoms with Crippen molar-refractivity contribution in [2.24, 2.45) is 0 Å². The molecule has 0 amide bonds. The molecule has 16 heavy (non-hydrogen) atoms. The zero-order valence-corrected chi connectivity index (χ0v) is 10.3. The number of likely N-dealkylation sites (N-methyl/N-ethyl adjacent to an activating group) is 1. The van der Waals surface area contributed by atoms with Crippen LogP contribution in [0.25, 0.3) is 0 Å². The minimum Gasteiger partial charge on any atom is -0.305 e. The Kier molecular flexibility index (Phi) is 3.51.